The van der Waals surface area contributed by atoms with Gasteiger partial charge in [-0.25, -0.2) is 4.79 Å². The lowest BCUT2D eigenvalue weighted by atomic mass is 9.90. The van der Waals surface area contributed by atoms with Gasteiger partial charge in [0.1, 0.15) is 0 Å². The van der Waals surface area contributed by atoms with E-state index in [1.807, 2.05) is 30.3 Å². The standard InChI is InChI=1S/C31H37N3O3/c35-31(32-16-7-12-24-8-3-1-4-9-24)33-28-22-30-29(36-23-37-30)21-27(28)15-19-34-17-13-26(14-18-34)20-25-10-5-2-6-11-25/h1-6,8-11,21-22,26H,7,12-20,23H2,(H2,32,33,35). The number of hydrogen-bond donors (Lipinski definition) is 2. The van der Waals surface area contributed by atoms with Gasteiger partial charge in [0.15, 0.2) is 11.5 Å². The number of amides is 2. The molecule has 0 spiro atoms. The van der Waals surface area contributed by atoms with Crippen LogP contribution in [-0.2, 0) is 19.3 Å². The van der Waals surface area contributed by atoms with Crippen molar-refractivity contribution in [1.29, 1.82) is 0 Å². The highest BCUT2D eigenvalue weighted by Gasteiger charge is 2.22. The van der Waals surface area contributed by atoms with Crippen molar-refractivity contribution < 1.29 is 14.3 Å². The summed E-state index contributed by atoms with van der Waals surface area (Å²) >= 11 is 0. The Morgan fingerprint density at radius 3 is 2.27 bits per heavy atom. The van der Waals surface area contributed by atoms with Gasteiger partial charge in [0.05, 0.1) is 0 Å². The number of rotatable bonds is 10. The summed E-state index contributed by atoms with van der Waals surface area (Å²) < 4.78 is 11.2. The summed E-state index contributed by atoms with van der Waals surface area (Å²) in [5.41, 5.74) is 4.60. The molecule has 1 fully saturated rings. The van der Waals surface area contributed by atoms with Crippen LogP contribution >= 0.6 is 0 Å². The smallest absolute Gasteiger partial charge is 0.319 e. The molecule has 37 heavy (non-hydrogen) atoms. The van der Waals surface area contributed by atoms with Gasteiger partial charge in [-0.1, -0.05) is 60.7 Å². The maximum Gasteiger partial charge on any atom is 0.319 e. The summed E-state index contributed by atoms with van der Waals surface area (Å²) in [6.07, 6.45) is 6.32. The summed E-state index contributed by atoms with van der Waals surface area (Å²) in [4.78, 5) is 15.2. The SMILES string of the molecule is O=C(NCCCc1ccccc1)Nc1cc2c(cc1CCN1CCC(Cc3ccccc3)CC1)OCO2. The molecular weight excluding hydrogens is 462 g/mol. The molecule has 0 aliphatic carbocycles. The number of benzene rings is 3. The van der Waals surface area contributed by atoms with Crippen molar-refractivity contribution >= 4 is 11.7 Å². The largest absolute Gasteiger partial charge is 0.454 e. The van der Waals surface area contributed by atoms with Gasteiger partial charge < -0.3 is 25.0 Å². The fourth-order valence-electron chi connectivity index (χ4n) is 5.25. The zero-order valence-corrected chi connectivity index (χ0v) is 21.5. The number of anilines is 1. The molecule has 3 aromatic rings. The Balaban J connectivity index is 1.11. The van der Waals surface area contributed by atoms with Crippen molar-refractivity contribution in [3.05, 3.63) is 89.5 Å². The first-order valence-corrected chi connectivity index (χ1v) is 13.5. The van der Waals surface area contributed by atoms with Crippen molar-refractivity contribution in [2.75, 3.05) is 38.3 Å². The van der Waals surface area contributed by atoms with Crippen molar-refractivity contribution in [3.8, 4) is 11.5 Å². The molecule has 0 radical (unpaired) electrons. The molecule has 2 heterocycles. The Morgan fingerprint density at radius 2 is 1.54 bits per heavy atom. The molecule has 194 valence electrons. The van der Waals surface area contributed by atoms with Crippen LogP contribution in [0, 0.1) is 5.92 Å². The van der Waals surface area contributed by atoms with Crippen LogP contribution in [0.25, 0.3) is 0 Å². The van der Waals surface area contributed by atoms with E-state index in [1.54, 1.807) is 0 Å². The third kappa shape index (κ3) is 7.26. The van der Waals surface area contributed by atoms with Gasteiger partial charge in [-0.3, -0.25) is 0 Å². The maximum atomic E-state index is 12.7. The van der Waals surface area contributed by atoms with Gasteiger partial charge >= 0.3 is 6.03 Å². The zero-order valence-electron chi connectivity index (χ0n) is 21.5. The van der Waals surface area contributed by atoms with Gasteiger partial charge in [0.2, 0.25) is 6.79 Å². The fourth-order valence-corrected chi connectivity index (χ4v) is 5.25. The second kappa shape index (κ2) is 12.6. The number of carbonyl (C=O) groups is 1. The van der Waals surface area contributed by atoms with Crippen LogP contribution in [0.4, 0.5) is 10.5 Å². The molecule has 0 saturated carbocycles. The number of ether oxygens (including phenoxy) is 2. The quantitative estimate of drug-likeness (QED) is 0.353. The number of urea groups is 1. The van der Waals surface area contributed by atoms with E-state index in [1.165, 1.54) is 30.4 Å². The Morgan fingerprint density at radius 1 is 0.865 bits per heavy atom. The minimum absolute atomic E-state index is 0.185. The first kappa shape index (κ1) is 25.2. The van der Waals surface area contributed by atoms with Crippen LogP contribution in [0.1, 0.15) is 36.0 Å². The normalized spacial score (nSPS) is 15.5. The summed E-state index contributed by atoms with van der Waals surface area (Å²) in [5.74, 6) is 2.20. The Kier molecular flexibility index (Phi) is 8.59. The molecule has 2 aliphatic heterocycles. The monoisotopic (exact) mass is 499 g/mol. The van der Waals surface area contributed by atoms with Crippen molar-refractivity contribution in [2.24, 2.45) is 5.92 Å². The number of nitrogens with zero attached hydrogens (tertiary/aromatic N) is 1. The summed E-state index contributed by atoms with van der Waals surface area (Å²) in [6.45, 7) is 4.04. The fraction of sp³-hybridized carbons (Fsp3) is 0.387. The zero-order chi connectivity index (χ0) is 25.3. The van der Waals surface area contributed by atoms with E-state index in [9.17, 15) is 4.79 Å². The van der Waals surface area contributed by atoms with Gasteiger partial charge in [-0.05, 0) is 80.3 Å². The molecule has 5 rings (SSSR count). The topological polar surface area (TPSA) is 62.8 Å². The van der Waals surface area contributed by atoms with E-state index in [2.05, 4.69) is 58.0 Å². The number of nitrogens with one attached hydrogen (secondary N) is 2. The van der Waals surface area contributed by atoms with Gasteiger partial charge in [0, 0.05) is 24.8 Å². The van der Waals surface area contributed by atoms with Gasteiger partial charge in [-0.2, -0.15) is 0 Å². The van der Waals surface area contributed by atoms with E-state index >= 15 is 0 Å². The van der Waals surface area contributed by atoms with Crippen LogP contribution in [0.15, 0.2) is 72.8 Å². The lowest BCUT2D eigenvalue weighted by molar-refractivity contribution is 0.174. The number of fused-ring (bicyclic) bond motifs is 1. The number of hydrogen-bond acceptors (Lipinski definition) is 4. The number of likely N-dealkylation sites (tertiary alicyclic amines) is 1. The van der Waals surface area contributed by atoms with Crippen LogP contribution in [0.2, 0.25) is 0 Å². The van der Waals surface area contributed by atoms with Gasteiger partial charge in [0.25, 0.3) is 0 Å². The highest BCUT2D eigenvalue weighted by atomic mass is 16.7. The second-order valence-corrected chi connectivity index (χ2v) is 10.1. The summed E-state index contributed by atoms with van der Waals surface area (Å²) in [7, 11) is 0. The predicted molar refractivity (Wildman–Crippen MR) is 147 cm³/mol. The maximum absolute atomic E-state index is 12.7. The first-order valence-electron chi connectivity index (χ1n) is 13.5. The van der Waals surface area contributed by atoms with Crippen molar-refractivity contribution in [2.45, 2.75) is 38.5 Å². The van der Waals surface area contributed by atoms with Crippen molar-refractivity contribution in [1.82, 2.24) is 10.2 Å². The molecule has 0 atom stereocenters. The average molecular weight is 500 g/mol. The molecule has 0 bridgehead atoms. The minimum Gasteiger partial charge on any atom is -0.454 e. The molecule has 6 heteroatoms. The summed E-state index contributed by atoms with van der Waals surface area (Å²) in [6, 6.07) is 24.9. The van der Waals surface area contributed by atoms with E-state index in [0.717, 1.165) is 61.8 Å². The summed E-state index contributed by atoms with van der Waals surface area (Å²) in [5, 5.41) is 6.05. The molecule has 2 N–H and O–H groups in total. The minimum atomic E-state index is -0.185. The Hall–Kier alpha value is -3.51. The molecular formula is C31H37N3O3. The lowest BCUT2D eigenvalue weighted by Crippen LogP contribution is -2.36. The number of piperidine rings is 1. The number of carbonyl (C=O) groups excluding carboxylic acids is 1. The van der Waals surface area contributed by atoms with E-state index < -0.39 is 0 Å². The van der Waals surface area contributed by atoms with E-state index in [-0.39, 0.29) is 12.8 Å². The third-order valence-corrected chi connectivity index (χ3v) is 7.39. The molecule has 1 saturated heterocycles. The van der Waals surface area contributed by atoms with E-state index in [0.29, 0.717) is 12.3 Å². The molecule has 0 unspecified atom stereocenters. The molecule has 3 aromatic carbocycles. The molecule has 2 amide bonds. The Labute approximate surface area is 220 Å². The van der Waals surface area contributed by atoms with Crippen LogP contribution < -0.4 is 20.1 Å². The van der Waals surface area contributed by atoms with Crippen LogP contribution in [0.3, 0.4) is 0 Å². The second-order valence-electron chi connectivity index (χ2n) is 10.1. The van der Waals surface area contributed by atoms with Crippen LogP contribution in [0.5, 0.6) is 11.5 Å². The molecule has 0 aromatic heterocycles. The molecule has 2 aliphatic rings. The van der Waals surface area contributed by atoms with E-state index in [4.69, 9.17) is 9.47 Å². The highest BCUT2D eigenvalue weighted by Crippen LogP contribution is 2.37. The first-order chi connectivity index (χ1) is 18.2. The Bertz CT molecular complexity index is 1150. The molecule has 6 nitrogen and oxygen atoms in total. The predicted octanol–water partition coefficient (Wildman–Crippen LogP) is 5.67. The number of aryl methyl sites for hydroxylation is 1. The average Bonchev–Trinajstić information content (AvgIpc) is 3.39. The lowest BCUT2D eigenvalue weighted by Gasteiger charge is -2.32. The highest BCUT2D eigenvalue weighted by molar-refractivity contribution is 5.90. The van der Waals surface area contributed by atoms with Gasteiger partial charge in [-0.15, -0.1) is 0 Å². The van der Waals surface area contributed by atoms with Crippen molar-refractivity contribution in [3.63, 3.8) is 0 Å². The third-order valence-electron chi connectivity index (χ3n) is 7.39. The van der Waals surface area contributed by atoms with Crippen LogP contribution in [-0.4, -0.2) is 43.9 Å².